The molecule has 1 aliphatic heterocycles. The Hall–Kier alpha value is -1.51. The number of fused-ring (bicyclic) bond motifs is 1. The number of benzene rings is 1. The van der Waals surface area contributed by atoms with E-state index in [1.54, 1.807) is 0 Å². The summed E-state index contributed by atoms with van der Waals surface area (Å²) in [4.78, 5) is 11.1. The molecule has 2 rings (SSSR count). The van der Waals surface area contributed by atoms with Crippen molar-refractivity contribution in [2.24, 2.45) is 0 Å². The van der Waals surface area contributed by atoms with Gasteiger partial charge < -0.3 is 10.1 Å². The molecule has 3 nitrogen and oxygen atoms in total. The van der Waals surface area contributed by atoms with Crippen molar-refractivity contribution in [3.8, 4) is 5.75 Å². The normalized spacial score (nSPS) is 15.3. The highest BCUT2D eigenvalue weighted by atomic mass is 16.5. The van der Waals surface area contributed by atoms with E-state index in [1.807, 2.05) is 18.2 Å². The topological polar surface area (TPSA) is 38.3 Å². The van der Waals surface area contributed by atoms with Crippen molar-refractivity contribution in [3.05, 3.63) is 23.8 Å². The van der Waals surface area contributed by atoms with E-state index in [9.17, 15) is 4.79 Å². The van der Waals surface area contributed by atoms with Crippen molar-refractivity contribution in [1.82, 2.24) is 0 Å². The molecule has 15 heavy (non-hydrogen) atoms. The fourth-order valence-electron chi connectivity index (χ4n) is 1.54. The maximum atomic E-state index is 11.1. The van der Waals surface area contributed by atoms with Gasteiger partial charge in [-0.25, -0.2) is 0 Å². The molecule has 80 valence electrons. The summed E-state index contributed by atoms with van der Waals surface area (Å²) in [6.07, 6.45) is 0. The van der Waals surface area contributed by atoms with Gasteiger partial charge in [0.25, 0.3) is 5.91 Å². The van der Waals surface area contributed by atoms with E-state index in [1.165, 1.54) is 5.56 Å². The zero-order valence-electron chi connectivity index (χ0n) is 9.26. The number of anilines is 1. The maximum absolute atomic E-state index is 11.1. The Morgan fingerprint density at radius 2 is 2.07 bits per heavy atom. The van der Waals surface area contributed by atoms with E-state index in [0.717, 1.165) is 11.4 Å². The van der Waals surface area contributed by atoms with E-state index >= 15 is 0 Å². The van der Waals surface area contributed by atoms with Crippen LogP contribution in [-0.4, -0.2) is 12.5 Å². The Morgan fingerprint density at radius 1 is 1.33 bits per heavy atom. The minimum atomic E-state index is -0.0917. The molecule has 1 aromatic rings. The molecule has 1 N–H and O–H groups in total. The highest BCUT2D eigenvalue weighted by Crippen LogP contribution is 2.33. The zero-order valence-corrected chi connectivity index (χ0v) is 9.26. The predicted molar refractivity (Wildman–Crippen MR) is 59.3 cm³/mol. The lowest BCUT2D eigenvalue weighted by Gasteiger charge is -2.23. The summed E-state index contributed by atoms with van der Waals surface area (Å²) in [6, 6.07) is 5.91. The Labute approximate surface area is 89.4 Å². The Morgan fingerprint density at radius 3 is 2.73 bits per heavy atom. The zero-order chi connectivity index (χ0) is 11.1. The van der Waals surface area contributed by atoms with Crippen molar-refractivity contribution in [2.45, 2.75) is 26.2 Å². The predicted octanol–water partition coefficient (Wildman–Crippen LogP) is 2.31. The van der Waals surface area contributed by atoms with Crippen molar-refractivity contribution in [3.63, 3.8) is 0 Å². The van der Waals surface area contributed by atoms with Gasteiger partial charge in [-0.2, -0.15) is 0 Å². The molecular formula is C12H15NO2. The van der Waals surface area contributed by atoms with Crippen LogP contribution < -0.4 is 10.1 Å². The summed E-state index contributed by atoms with van der Waals surface area (Å²) >= 11 is 0. The second-order valence-electron chi connectivity index (χ2n) is 4.80. The third kappa shape index (κ3) is 1.96. The first-order chi connectivity index (χ1) is 6.97. The van der Waals surface area contributed by atoms with Gasteiger partial charge >= 0.3 is 0 Å². The molecule has 1 amide bonds. The number of amides is 1. The van der Waals surface area contributed by atoms with E-state index in [2.05, 4.69) is 26.1 Å². The van der Waals surface area contributed by atoms with Gasteiger partial charge in [0, 0.05) is 0 Å². The van der Waals surface area contributed by atoms with Gasteiger partial charge in [-0.3, -0.25) is 4.79 Å². The summed E-state index contributed by atoms with van der Waals surface area (Å²) in [6.45, 7) is 6.56. The van der Waals surface area contributed by atoms with Crippen molar-refractivity contribution < 1.29 is 9.53 Å². The van der Waals surface area contributed by atoms with Crippen molar-refractivity contribution in [1.29, 1.82) is 0 Å². The van der Waals surface area contributed by atoms with Crippen LogP contribution in [0.3, 0.4) is 0 Å². The molecule has 1 aromatic carbocycles. The molecule has 0 aromatic heterocycles. The number of ether oxygens (including phenoxy) is 1. The van der Waals surface area contributed by atoms with E-state index in [0.29, 0.717) is 0 Å². The van der Waals surface area contributed by atoms with Crippen molar-refractivity contribution >= 4 is 11.6 Å². The van der Waals surface area contributed by atoms with Crippen LogP contribution in [0.5, 0.6) is 5.75 Å². The van der Waals surface area contributed by atoms with Crippen LogP contribution in [0.25, 0.3) is 0 Å². The summed E-state index contributed by atoms with van der Waals surface area (Å²) in [5, 5.41) is 2.77. The number of rotatable bonds is 0. The molecule has 0 radical (unpaired) electrons. The van der Waals surface area contributed by atoms with Gasteiger partial charge in [0.2, 0.25) is 0 Å². The summed E-state index contributed by atoms with van der Waals surface area (Å²) in [5.41, 5.74) is 2.07. The molecule has 0 bridgehead atoms. The molecule has 0 unspecified atom stereocenters. The number of hydrogen-bond acceptors (Lipinski definition) is 2. The van der Waals surface area contributed by atoms with Crippen LogP contribution in [-0.2, 0) is 10.2 Å². The minimum Gasteiger partial charge on any atom is -0.482 e. The second-order valence-corrected chi connectivity index (χ2v) is 4.80. The average Bonchev–Trinajstić information content (AvgIpc) is 2.15. The fraction of sp³-hybridized carbons (Fsp3) is 0.417. The van der Waals surface area contributed by atoms with Gasteiger partial charge in [-0.15, -0.1) is 0 Å². The number of carbonyl (C=O) groups is 1. The average molecular weight is 205 g/mol. The number of hydrogen-bond donors (Lipinski definition) is 1. The SMILES string of the molecule is CC(C)(C)c1ccc2c(c1)OCC(=O)N2. The van der Waals surface area contributed by atoms with E-state index < -0.39 is 0 Å². The fourth-order valence-corrected chi connectivity index (χ4v) is 1.54. The molecular weight excluding hydrogens is 190 g/mol. The Bertz CT molecular complexity index is 405. The quantitative estimate of drug-likeness (QED) is 0.705. The van der Waals surface area contributed by atoms with Crippen LogP contribution in [0.15, 0.2) is 18.2 Å². The Kier molecular flexibility index (Phi) is 2.18. The molecule has 1 aliphatic rings. The lowest BCUT2D eigenvalue weighted by molar-refractivity contribution is -0.118. The van der Waals surface area contributed by atoms with Crippen LogP contribution in [0.2, 0.25) is 0 Å². The second kappa shape index (κ2) is 3.26. The highest BCUT2D eigenvalue weighted by Gasteiger charge is 2.20. The lowest BCUT2D eigenvalue weighted by Crippen LogP contribution is -2.25. The smallest absolute Gasteiger partial charge is 0.262 e. The summed E-state index contributed by atoms with van der Waals surface area (Å²) < 4.78 is 5.36. The standard InChI is InChI=1S/C12H15NO2/c1-12(2,3)8-4-5-9-10(6-8)15-7-11(14)13-9/h4-6H,7H2,1-3H3,(H,13,14). The number of carbonyl (C=O) groups excluding carboxylic acids is 1. The highest BCUT2D eigenvalue weighted by molar-refractivity contribution is 5.95. The third-order valence-electron chi connectivity index (χ3n) is 2.48. The van der Waals surface area contributed by atoms with Crippen LogP contribution >= 0.6 is 0 Å². The van der Waals surface area contributed by atoms with Crippen LogP contribution in [0.1, 0.15) is 26.3 Å². The van der Waals surface area contributed by atoms with Gasteiger partial charge in [-0.05, 0) is 23.1 Å². The van der Waals surface area contributed by atoms with Gasteiger partial charge in [-0.1, -0.05) is 26.8 Å². The van der Waals surface area contributed by atoms with E-state index in [4.69, 9.17) is 4.74 Å². The minimum absolute atomic E-state index is 0.0917. The van der Waals surface area contributed by atoms with E-state index in [-0.39, 0.29) is 17.9 Å². The molecule has 0 aliphatic carbocycles. The van der Waals surface area contributed by atoms with Gasteiger partial charge in [0.1, 0.15) is 5.75 Å². The largest absolute Gasteiger partial charge is 0.482 e. The van der Waals surface area contributed by atoms with Crippen LogP contribution in [0.4, 0.5) is 5.69 Å². The molecule has 0 saturated carbocycles. The molecule has 0 saturated heterocycles. The molecule has 0 fully saturated rings. The monoisotopic (exact) mass is 205 g/mol. The molecule has 0 atom stereocenters. The molecule has 0 spiro atoms. The van der Waals surface area contributed by atoms with Gasteiger partial charge in [0.15, 0.2) is 6.61 Å². The summed E-state index contributed by atoms with van der Waals surface area (Å²) in [7, 11) is 0. The number of nitrogens with one attached hydrogen (secondary N) is 1. The lowest BCUT2D eigenvalue weighted by atomic mass is 9.87. The first-order valence-corrected chi connectivity index (χ1v) is 5.04. The van der Waals surface area contributed by atoms with Crippen LogP contribution in [0, 0.1) is 0 Å². The summed E-state index contributed by atoms with van der Waals surface area (Å²) in [5.74, 6) is 0.674. The van der Waals surface area contributed by atoms with Crippen molar-refractivity contribution in [2.75, 3.05) is 11.9 Å². The first kappa shape index (κ1) is 10.0. The molecule has 3 heteroatoms. The Balaban J connectivity index is 2.39. The van der Waals surface area contributed by atoms with Gasteiger partial charge in [0.05, 0.1) is 5.69 Å². The third-order valence-corrected chi connectivity index (χ3v) is 2.48. The molecule has 1 heterocycles. The maximum Gasteiger partial charge on any atom is 0.262 e. The first-order valence-electron chi connectivity index (χ1n) is 5.04.